The van der Waals surface area contributed by atoms with Gasteiger partial charge < -0.3 is 10.4 Å². The molecule has 2 amide bonds. The first-order valence-corrected chi connectivity index (χ1v) is 11.9. The number of carbonyl (C=O) groups excluding carboxylic acids is 2. The molecule has 0 unspecified atom stereocenters. The number of hydrogen-bond donors (Lipinski definition) is 2. The molecule has 15 heteroatoms. The van der Waals surface area contributed by atoms with E-state index >= 15 is 0 Å². The van der Waals surface area contributed by atoms with Crippen LogP contribution in [0.15, 0.2) is 16.4 Å². The number of β-lactam (4-membered cyclic amide) rings is 1. The van der Waals surface area contributed by atoms with Crippen molar-refractivity contribution in [1.29, 1.82) is 0 Å². The van der Waals surface area contributed by atoms with Gasteiger partial charge >= 0.3 is 5.97 Å². The van der Waals surface area contributed by atoms with Gasteiger partial charge in [0.2, 0.25) is 11.1 Å². The highest BCUT2D eigenvalue weighted by Gasteiger charge is 2.54. The van der Waals surface area contributed by atoms with Crippen LogP contribution in [0, 0.1) is 0 Å². The molecule has 0 bridgehead atoms. The number of amides is 2. The summed E-state index contributed by atoms with van der Waals surface area (Å²) in [6, 6.07) is -0.953. The summed E-state index contributed by atoms with van der Waals surface area (Å²) in [5, 5.41) is 22.9. The number of fused-ring (bicyclic) bond motifs is 1. The molecule has 152 valence electrons. The largest absolute Gasteiger partial charge is 0.477 e. The van der Waals surface area contributed by atoms with Gasteiger partial charge in [0, 0.05) is 24.8 Å². The predicted molar refractivity (Wildman–Crippen MR) is 98.9 cm³/mol. The quantitative estimate of drug-likeness (QED) is 0.353. The number of tetrazole rings is 1. The normalized spacial score (nSPS) is 21.9. The number of nitrogens with one attached hydrogen (secondary N) is 1. The molecule has 1 saturated heterocycles. The van der Waals surface area contributed by atoms with E-state index in [0.29, 0.717) is 16.5 Å². The summed E-state index contributed by atoms with van der Waals surface area (Å²) in [6.07, 6.45) is 0.915. The van der Waals surface area contributed by atoms with E-state index in [2.05, 4.69) is 20.8 Å². The predicted octanol–water partition coefficient (Wildman–Crippen LogP) is -1.91. The lowest BCUT2D eigenvalue weighted by Gasteiger charge is -2.49. The maximum Gasteiger partial charge on any atom is 0.352 e. The summed E-state index contributed by atoms with van der Waals surface area (Å²) >= 11 is 2.55. The Morgan fingerprint density at radius 3 is 2.71 bits per heavy atom. The van der Waals surface area contributed by atoms with Gasteiger partial charge in [-0.25, -0.2) is 17.9 Å². The summed E-state index contributed by atoms with van der Waals surface area (Å²) in [5.41, 5.74) is 0.418. The molecule has 0 saturated carbocycles. The standard InChI is InChI=1S/C13H16N6O6S3/c1-18-13(15-16-17-18)27-4-6-3-26-11-8(14-7(20)5-28(2,24)25)10(21)19(11)9(6)12(22)23/h8,11H,3-5H2,1-2H3,(H,14,20)(H,22,23)/t8-,11-/m1/s1. The fraction of sp³-hybridized carbons (Fsp3) is 0.538. The SMILES string of the molecule is Cn1nnnc1SCC1=C(C(=O)O)N2C(=O)[C@@H](NC(=O)CS(C)(=O)=O)[C@H]2SC1. The number of carboxylic acid groups (broad SMARTS) is 1. The van der Waals surface area contributed by atoms with Gasteiger partial charge in [0.25, 0.3) is 5.91 Å². The zero-order chi connectivity index (χ0) is 20.6. The van der Waals surface area contributed by atoms with Crippen LogP contribution in [0.2, 0.25) is 0 Å². The molecule has 0 aromatic carbocycles. The van der Waals surface area contributed by atoms with Crippen LogP contribution in [0.1, 0.15) is 0 Å². The Morgan fingerprint density at radius 2 is 2.14 bits per heavy atom. The van der Waals surface area contributed by atoms with Crippen LogP contribution in [0.5, 0.6) is 0 Å². The number of aliphatic carboxylic acids is 1. The highest BCUT2D eigenvalue weighted by Crippen LogP contribution is 2.41. The number of carboxylic acids is 1. The van der Waals surface area contributed by atoms with Crippen molar-refractivity contribution in [2.45, 2.75) is 16.6 Å². The Balaban J connectivity index is 1.73. The van der Waals surface area contributed by atoms with Crippen LogP contribution in [-0.2, 0) is 31.3 Å². The van der Waals surface area contributed by atoms with E-state index in [1.807, 2.05) is 0 Å². The van der Waals surface area contributed by atoms with Crippen molar-refractivity contribution in [3.63, 3.8) is 0 Å². The molecule has 0 spiro atoms. The minimum atomic E-state index is -3.53. The summed E-state index contributed by atoms with van der Waals surface area (Å²) in [6.45, 7) is 0. The molecule has 1 fully saturated rings. The summed E-state index contributed by atoms with van der Waals surface area (Å²) < 4.78 is 23.9. The second-order valence-electron chi connectivity index (χ2n) is 6.16. The van der Waals surface area contributed by atoms with Crippen molar-refractivity contribution in [3.05, 3.63) is 11.3 Å². The number of rotatable bonds is 7. The smallest absolute Gasteiger partial charge is 0.352 e. The average Bonchev–Trinajstić information content (AvgIpc) is 3.00. The minimum Gasteiger partial charge on any atom is -0.477 e. The Labute approximate surface area is 168 Å². The van der Waals surface area contributed by atoms with Crippen LogP contribution in [0.3, 0.4) is 0 Å². The fourth-order valence-corrected chi connectivity index (χ4v) is 5.64. The lowest BCUT2D eigenvalue weighted by atomic mass is 10.0. The number of nitrogens with zero attached hydrogens (tertiary/aromatic N) is 5. The van der Waals surface area contributed by atoms with E-state index in [1.54, 1.807) is 7.05 Å². The molecule has 2 atom stereocenters. The Morgan fingerprint density at radius 1 is 1.43 bits per heavy atom. The van der Waals surface area contributed by atoms with E-state index in [1.165, 1.54) is 28.2 Å². The van der Waals surface area contributed by atoms with Gasteiger partial charge in [-0.2, -0.15) is 0 Å². The van der Waals surface area contributed by atoms with Gasteiger partial charge in [0.05, 0.1) is 0 Å². The maximum absolute atomic E-state index is 12.5. The summed E-state index contributed by atoms with van der Waals surface area (Å²) in [4.78, 5) is 37.2. The number of hydrogen-bond acceptors (Lipinski definition) is 10. The molecule has 0 aliphatic carbocycles. The zero-order valence-electron chi connectivity index (χ0n) is 14.7. The molecule has 2 N–H and O–H groups in total. The third-order valence-corrected chi connectivity index (χ3v) is 7.14. The Bertz CT molecular complexity index is 973. The first-order valence-electron chi connectivity index (χ1n) is 7.80. The zero-order valence-corrected chi connectivity index (χ0v) is 17.2. The molecule has 0 radical (unpaired) electrons. The van der Waals surface area contributed by atoms with Gasteiger partial charge in [0.15, 0.2) is 9.84 Å². The average molecular weight is 449 g/mol. The van der Waals surface area contributed by atoms with Gasteiger partial charge in [-0.05, 0) is 16.0 Å². The highest BCUT2D eigenvalue weighted by molar-refractivity contribution is 8.01. The fourth-order valence-electron chi connectivity index (χ4n) is 2.74. The maximum atomic E-state index is 12.5. The number of sulfone groups is 1. The number of aryl methyl sites for hydroxylation is 1. The van der Waals surface area contributed by atoms with Crippen LogP contribution in [-0.4, -0.2) is 91.3 Å². The molecule has 3 rings (SSSR count). The van der Waals surface area contributed by atoms with E-state index in [0.717, 1.165) is 11.2 Å². The van der Waals surface area contributed by atoms with Crippen LogP contribution in [0.25, 0.3) is 0 Å². The number of aromatic nitrogens is 4. The first-order chi connectivity index (χ1) is 13.1. The monoisotopic (exact) mass is 448 g/mol. The van der Waals surface area contributed by atoms with Crippen molar-refractivity contribution in [1.82, 2.24) is 30.4 Å². The molecule has 1 aromatic heterocycles. The second-order valence-corrected chi connectivity index (χ2v) is 10.3. The minimum absolute atomic E-state index is 0.120. The van der Waals surface area contributed by atoms with Crippen molar-refractivity contribution >= 4 is 51.1 Å². The molecule has 2 aliphatic rings. The van der Waals surface area contributed by atoms with E-state index in [-0.39, 0.29) is 11.4 Å². The molecule has 1 aromatic rings. The second kappa shape index (κ2) is 7.71. The summed E-state index contributed by atoms with van der Waals surface area (Å²) in [5.74, 6) is -2.73. The van der Waals surface area contributed by atoms with Gasteiger partial charge in [-0.15, -0.1) is 16.9 Å². The summed E-state index contributed by atoms with van der Waals surface area (Å²) in [7, 11) is -1.88. The molecular formula is C13H16N6O6S3. The molecular weight excluding hydrogens is 432 g/mol. The van der Waals surface area contributed by atoms with Crippen molar-refractivity contribution in [2.75, 3.05) is 23.5 Å². The lowest BCUT2D eigenvalue weighted by molar-refractivity contribution is -0.150. The Hall–Kier alpha value is -2.13. The van der Waals surface area contributed by atoms with Gasteiger partial charge in [-0.3, -0.25) is 14.5 Å². The molecule has 28 heavy (non-hydrogen) atoms. The third-order valence-electron chi connectivity index (χ3n) is 3.92. The van der Waals surface area contributed by atoms with E-state index < -0.39 is 44.8 Å². The van der Waals surface area contributed by atoms with E-state index in [9.17, 15) is 27.9 Å². The molecule has 12 nitrogen and oxygen atoms in total. The van der Waals surface area contributed by atoms with E-state index in [4.69, 9.17) is 0 Å². The first kappa shape index (κ1) is 20.6. The number of thioether (sulfide) groups is 2. The van der Waals surface area contributed by atoms with Crippen LogP contribution >= 0.6 is 23.5 Å². The van der Waals surface area contributed by atoms with Crippen molar-refractivity contribution in [2.24, 2.45) is 7.05 Å². The van der Waals surface area contributed by atoms with Crippen molar-refractivity contribution in [3.8, 4) is 0 Å². The van der Waals surface area contributed by atoms with Crippen molar-refractivity contribution < 1.29 is 27.9 Å². The topological polar surface area (TPSA) is 164 Å². The highest BCUT2D eigenvalue weighted by atomic mass is 32.2. The third kappa shape index (κ3) is 4.15. The van der Waals surface area contributed by atoms with Crippen LogP contribution < -0.4 is 5.32 Å². The Kier molecular flexibility index (Phi) is 5.67. The van der Waals surface area contributed by atoms with Gasteiger partial charge in [0.1, 0.15) is 22.9 Å². The number of carbonyl (C=O) groups is 3. The van der Waals surface area contributed by atoms with Crippen LogP contribution in [0.4, 0.5) is 0 Å². The molecule has 3 heterocycles. The van der Waals surface area contributed by atoms with Gasteiger partial charge in [-0.1, -0.05) is 11.8 Å². The molecule has 2 aliphatic heterocycles. The lowest BCUT2D eigenvalue weighted by Crippen LogP contribution is -2.70.